The van der Waals surface area contributed by atoms with Crippen molar-refractivity contribution in [2.75, 3.05) is 26.7 Å². The van der Waals surface area contributed by atoms with Gasteiger partial charge >= 0.3 is 0 Å². The fourth-order valence-electron chi connectivity index (χ4n) is 6.72. The van der Waals surface area contributed by atoms with Gasteiger partial charge in [0.25, 0.3) is 0 Å². The van der Waals surface area contributed by atoms with Gasteiger partial charge in [-0.05, 0) is 64.2 Å². The summed E-state index contributed by atoms with van der Waals surface area (Å²) in [4.78, 5) is 15.1. The minimum absolute atomic E-state index is 0.00144. The Bertz CT molecular complexity index is 1130. The molecule has 0 N–H and O–H groups in total. The summed E-state index contributed by atoms with van der Waals surface area (Å²) in [5.74, 6) is 0.915. The average molecular weight is 567 g/mol. The fraction of sp³-hybridized carbons (Fsp3) is 0.618. The van der Waals surface area contributed by atoms with Crippen LogP contribution in [0.15, 0.2) is 59.6 Å². The summed E-state index contributed by atoms with van der Waals surface area (Å²) in [5, 5.41) is 14.8. The molecule has 228 valence electrons. The van der Waals surface area contributed by atoms with E-state index >= 15 is 0 Å². The van der Waals surface area contributed by atoms with Gasteiger partial charge in [-0.3, -0.25) is 4.99 Å². The molecule has 0 saturated carbocycles. The summed E-state index contributed by atoms with van der Waals surface area (Å²) in [7, 11) is 1.74. The molecular formula is C34H52N3O4-. The number of ether oxygens (including phenoxy) is 1. The first-order valence-corrected chi connectivity index (χ1v) is 14.7. The Hall–Kier alpha value is -3.09. The van der Waals surface area contributed by atoms with Gasteiger partial charge in [0.05, 0.1) is 25.1 Å². The van der Waals surface area contributed by atoms with E-state index in [-0.39, 0.29) is 27.1 Å². The van der Waals surface area contributed by atoms with Crippen molar-refractivity contribution in [1.29, 1.82) is 0 Å². The number of aliphatic imine (C=N–C) groups is 1. The van der Waals surface area contributed by atoms with Gasteiger partial charge in [-0.1, -0.05) is 105 Å². The molecule has 2 unspecified atom stereocenters. The largest absolute Gasteiger partial charge is 0.497 e. The van der Waals surface area contributed by atoms with E-state index in [1.807, 2.05) is 6.34 Å². The minimum atomic E-state index is -1.75. The second kappa shape index (κ2) is 13.3. The standard InChI is InChI=1S/C34H52N2O.NO3/c1-30(2,3)32(6,7)34(9,28-15-12-11-13-16-28)33(8,25-27-17-19-29(37-10)20-18-27)31(4,5)21-14-23-36-24-22-35-26-36;2-1(3)4/h11-13,15-20,26H,14,21-25H2,1-10H3;/q;-1. The van der Waals surface area contributed by atoms with Crippen LogP contribution in [0.3, 0.4) is 0 Å². The van der Waals surface area contributed by atoms with Gasteiger partial charge in [-0.25, -0.2) is 0 Å². The number of methoxy groups -OCH3 is 1. The van der Waals surface area contributed by atoms with E-state index in [1.165, 1.54) is 11.1 Å². The van der Waals surface area contributed by atoms with Crippen molar-refractivity contribution in [2.45, 2.75) is 87.0 Å². The van der Waals surface area contributed by atoms with Crippen LogP contribution in [0.4, 0.5) is 0 Å². The molecule has 0 amide bonds. The van der Waals surface area contributed by atoms with Crippen LogP contribution in [0.2, 0.25) is 0 Å². The lowest BCUT2D eigenvalue weighted by atomic mass is 9.38. The molecule has 0 spiro atoms. The third-order valence-electron chi connectivity index (χ3n) is 10.8. The molecule has 0 aliphatic carbocycles. The predicted octanol–water partition coefficient (Wildman–Crippen LogP) is 8.19. The van der Waals surface area contributed by atoms with Gasteiger partial charge in [-0.15, -0.1) is 0 Å². The zero-order chi connectivity index (χ0) is 31.1. The lowest BCUT2D eigenvalue weighted by molar-refractivity contribution is -0.402. The van der Waals surface area contributed by atoms with Crippen molar-refractivity contribution >= 4 is 6.34 Å². The van der Waals surface area contributed by atoms with Crippen LogP contribution >= 0.6 is 0 Å². The van der Waals surface area contributed by atoms with E-state index in [4.69, 9.17) is 20.1 Å². The number of hydrogen-bond acceptors (Lipinski definition) is 6. The summed E-state index contributed by atoms with van der Waals surface area (Å²) in [6.07, 6.45) is 5.37. The number of nitrogens with zero attached hydrogens (tertiary/aromatic N) is 3. The van der Waals surface area contributed by atoms with Gasteiger partial charge in [0, 0.05) is 18.5 Å². The third-order valence-corrected chi connectivity index (χ3v) is 10.8. The molecule has 1 aliphatic heterocycles. The molecule has 2 aromatic carbocycles. The Morgan fingerprint density at radius 3 is 1.93 bits per heavy atom. The quantitative estimate of drug-likeness (QED) is 0.202. The van der Waals surface area contributed by atoms with Crippen molar-refractivity contribution in [1.82, 2.24) is 4.90 Å². The highest BCUT2D eigenvalue weighted by atomic mass is 16.9. The van der Waals surface area contributed by atoms with Crippen molar-refractivity contribution in [3.8, 4) is 5.75 Å². The van der Waals surface area contributed by atoms with Crippen molar-refractivity contribution in [3.63, 3.8) is 0 Å². The van der Waals surface area contributed by atoms with Crippen molar-refractivity contribution < 1.29 is 9.82 Å². The van der Waals surface area contributed by atoms with Crippen LogP contribution in [-0.4, -0.2) is 43.1 Å². The number of benzene rings is 2. The van der Waals surface area contributed by atoms with E-state index in [9.17, 15) is 0 Å². The highest BCUT2D eigenvalue weighted by molar-refractivity contribution is 5.56. The molecule has 7 nitrogen and oxygen atoms in total. The average Bonchev–Trinajstić information content (AvgIpc) is 3.41. The lowest BCUT2D eigenvalue weighted by Gasteiger charge is -2.65. The second-order valence-electron chi connectivity index (χ2n) is 14.0. The molecule has 3 rings (SSSR count). The maximum atomic E-state index is 8.25. The van der Waals surface area contributed by atoms with Crippen LogP contribution < -0.4 is 4.74 Å². The molecule has 7 heteroatoms. The van der Waals surface area contributed by atoms with E-state index in [0.29, 0.717) is 0 Å². The Balaban J connectivity index is 0.00000138. The molecule has 1 heterocycles. The lowest BCUT2D eigenvalue weighted by Crippen LogP contribution is -2.62. The van der Waals surface area contributed by atoms with E-state index < -0.39 is 5.09 Å². The Morgan fingerprint density at radius 1 is 0.902 bits per heavy atom. The molecular weight excluding hydrogens is 514 g/mol. The Kier molecular flexibility index (Phi) is 11.0. The minimum Gasteiger partial charge on any atom is -0.497 e. The maximum absolute atomic E-state index is 8.25. The first-order chi connectivity index (χ1) is 18.9. The first-order valence-electron chi connectivity index (χ1n) is 14.7. The molecule has 2 atom stereocenters. The van der Waals surface area contributed by atoms with Gasteiger partial charge in [-0.2, -0.15) is 0 Å². The van der Waals surface area contributed by atoms with E-state index in [2.05, 4.69) is 127 Å². The summed E-state index contributed by atoms with van der Waals surface area (Å²) in [6, 6.07) is 20.1. The Labute approximate surface area is 248 Å². The molecule has 41 heavy (non-hydrogen) atoms. The molecule has 0 radical (unpaired) electrons. The summed E-state index contributed by atoms with van der Waals surface area (Å²) in [5.41, 5.74) is 2.81. The SMILES string of the molecule is COc1ccc(CC(C)(C(C)(C)CCCN2C=NCC2)C(C)(c2ccccc2)C(C)(C)C(C)(C)C)cc1.O=[N+]([O-])[O-]. The second-order valence-corrected chi connectivity index (χ2v) is 14.0. The van der Waals surface area contributed by atoms with Crippen LogP contribution in [0.5, 0.6) is 5.75 Å². The van der Waals surface area contributed by atoms with Crippen molar-refractivity contribution in [2.24, 2.45) is 26.7 Å². The first kappa shape index (κ1) is 34.1. The monoisotopic (exact) mass is 566 g/mol. The fourth-order valence-corrected chi connectivity index (χ4v) is 6.72. The highest BCUT2D eigenvalue weighted by Crippen LogP contribution is 2.66. The van der Waals surface area contributed by atoms with Gasteiger partial charge in [0.15, 0.2) is 0 Å². The predicted molar refractivity (Wildman–Crippen MR) is 170 cm³/mol. The van der Waals surface area contributed by atoms with E-state index in [1.54, 1.807) is 7.11 Å². The molecule has 2 aromatic rings. The zero-order valence-corrected chi connectivity index (χ0v) is 27.0. The molecule has 0 aromatic heterocycles. The third kappa shape index (κ3) is 7.41. The summed E-state index contributed by atoms with van der Waals surface area (Å²) in [6.45, 7) is 25.5. The topological polar surface area (TPSA) is 91.0 Å². The number of hydrogen-bond donors (Lipinski definition) is 0. The smallest absolute Gasteiger partial charge is 0.118 e. The molecule has 0 bridgehead atoms. The molecule has 0 saturated heterocycles. The summed E-state index contributed by atoms with van der Waals surface area (Å²) < 4.78 is 5.49. The summed E-state index contributed by atoms with van der Waals surface area (Å²) >= 11 is 0. The normalized spacial score (nSPS) is 16.8. The van der Waals surface area contributed by atoms with Crippen molar-refractivity contribution in [3.05, 3.63) is 81.0 Å². The molecule has 1 aliphatic rings. The van der Waals surface area contributed by atoms with Crippen LogP contribution in [-0.2, 0) is 11.8 Å². The van der Waals surface area contributed by atoms with Crippen LogP contribution in [0.25, 0.3) is 0 Å². The van der Waals surface area contributed by atoms with Crippen LogP contribution in [0, 0.1) is 37.0 Å². The van der Waals surface area contributed by atoms with Gasteiger partial charge in [0.2, 0.25) is 0 Å². The maximum Gasteiger partial charge on any atom is 0.118 e. The molecule has 0 fully saturated rings. The highest BCUT2D eigenvalue weighted by Gasteiger charge is 2.62. The van der Waals surface area contributed by atoms with Gasteiger partial charge in [0.1, 0.15) is 5.75 Å². The van der Waals surface area contributed by atoms with Gasteiger partial charge < -0.3 is 25.0 Å². The zero-order valence-electron chi connectivity index (χ0n) is 27.0. The van der Waals surface area contributed by atoms with E-state index in [0.717, 1.165) is 44.6 Å². The van der Waals surface area contributed by atoms with Crippen LogP contribution in [0.1, 0.15) is 86.3 Å². The number of rotatable bonds is 11. The Morgan fingerprint density at radius 2 is 1.46 bits per heavy atom.